The summed E-state index contributed by atoms with van der Waals surface area (Å²) in [5.74, 6) is 0.633. The number of piperidine rings is 1. The van der Waals surface area contributed by atoms with Crippen molar-refractivity contribution in [2.75, 3.05) is 37.0 Å². The van der Waals surface area contributed by atoms with Gasteiger partial charge >= 0.3 is 12.1 Å². The Hall–Kier alpha value is -3.22. The second kappa shape index (κ2) is 8.43. The van der Waals surface area contributed by atoms with Crippen molar-refractivity contribution >= 4 is 23.4 Å². The van der Waals surface area contributed by atoms with Gasteiger partial charge in [0.1, 0.15) is 5.75 Å². The molecule has 29 heavy (non-hydrogen) atoms. The van der Waals surface area contributed by atoms with E-state index in [-0.39, 0.29) is 18.1 Å². The normalized spacial score (nSPS) is 16.3. The number of carbonyl (C=O) groups excluding carboxylic acids is 2. The number of rotatable bonds is 3. The molecule has 0 spiro atoms. The van der Waals surface area contributed by atoms with Crippen LogP contribution < -0.4 is 20.3 Å². The van der Waals surface area contributed by atoms with Gasteiger partial charge in [-0.15, -0.1) is 0 Å². The van der Waals surface area contributed by atoms with E-state index >= 15 is 0 Å². The Kier molecular flexibility index (Phi) is 5.55. The third-order valence-electron chi connectivity index (χ3n) is 5.59. The van der Waals surface area contributed by atoms with Crippen LogP contribution in [0.1, 0.15) is 18.4 Å². The topological polar surface area (TPSA) is 73.9 Å². The van der Waals surface area contributed by atoms with E-state index in [2.05, 4.69) is 16.7 Å². The molecule has 7 heteroatoms. The van der Waals surface area contributed by atoms with Crippen molar-refractivity contribution in [1.29, 1.82) is 0 Å². The lowest BCUT2D eigenvalue weighted by Gasteiger charge is -2.33. The highest BCUT2D eigenvalue weighted by Gasteiger charge is 2.28. The van der Waals surface area contributed by atoms with Gasteiger partial charge < -0.3 is 20.3 Å². The zero-order chi connectivity index (χ0) is 20.2. The number of amides is 4. The van der Waals surface area contributed by atoms with Crippen molar-refractivity contribution in [2.24, 2.45) is 0 Å². The number of likely N-dealkylation sites (tertiary alicyclic amines) is 1. The molecule has 0 aliphatic carbocycles. The Morgan fingerprint density at radius 1 is 0.966 bits per heavy atom. The quantitative estimate of drug-likeness (QED) is 0.837. The molecule has 2 heterocycles. The monoisotopic (exact) mass is 394 g/mol. The van der Waals surface area contributed by atoms with Gasteiger partial charge in [-0.05, 0) is 43.0 Å². The molecule has 0 aromatic heterocycles. The molecule has 0 bridgehead atoms. The lowest BCUT2D eigenvalue weighted by atomic mass is 10.1. The molecule has 0 radical (unpaired) electrons. The minimum absolute atomic E-state index is 0.0492. The fourth-order valence-corrected chi connectivity index (χ4v) is 3.97. The molecule has 2 aliphatic heterocycles. The van der Waals surface area contributed by atoms with Crippen molar-refractivity contribution in [2.45, 2.75) is 25.3 Å². The van der Waals surface area contributed by atoms with Crippen LogP contribution in [0, 0.1) is 0 Å². The molecule has 1 saturated heterocycles. The van der Waals surface area contributed by atoms with Crippen LogP contribution in [0.5, 0.6) is 5.75 Å². The number of ether oxygens (including phenoxy) is 1. The molecule has 2 aromatic carbocycles. The van der Waals surface area contributed by atoms with Crippen molar-refractivity contribution < 1.29 is 14.3 Å². The summed E-state index contributed by atoms with van der Waals surface area (Å²) in [6.45, 7) is 1.91. The lowest BCUT2D eigenvalue weighted by molar-refractivity contribution is 0.188. The van der Waals surface area contributed by atoms with Crippen LogP contribution in [0.3, 0.4) is 0 Å². The minimum Gasteiger partial charge on any atom is -0.495 e. The van der Waals surface area contributed by atoms with Crippen molar-refractivity contribution in [3.63, 3.8) is 0 Å². The summed E-state index contributed by atoms with van der Waals surface area (Å²) in [6.07, 6.45) is 2.37. The highest BCUT2D eigenvalue weighted by molar-refractivity contribution is 5.94. The fraction of sp³-hybridized carbons (Fsp3) is 0.364. The maximum atomic E-state index is 12.7. The number of nitrogens with one attached hydrogen (secondary N) is 2. The molecule has 1 fully saturated rings. The smallest absolute Gasteiger partial charge is 0.322 e. The van der Waals surface area contributed by atoms with Crippen LogP contribution in [0.25, 0.3) is 0 Å². The summed E-state index contributed by atoms with van der Waals surface area (Å²) < 4.78 is 5.28. The predicted molar refractivity (Wildman–Crippen MR) is 113 cm³/mol. The SMILES string of the molecule is COc1ccccc1NC(=O)N1CCC(NC(=O)N2CCc3ccccc32)CC1. The number of hydrogen-bond donors (Lipinski definition) is 2. The van der Waals surface area contributed by atoms with Gasteiger partial charge in [0.15, 0.2) is 0 Å². The van der Waals surface area contributed by atoms with Gasteiger partial charge in [0, 0.05) is 31.4 Å². The van der Waals surface area contributed by atoms with Crippen molar-refractivity contribution in [3.05, 3.63) is 54.1 Å². The molecule has 4 amide bonds. The maximum absolute atomic E-state index is 12.7. The number of anilines is 2. The third kappa shape index (κ3) is 4.13. The van der Waals surface area contributed by atoms with E-state index in [1.165, 1.54) is 5.56 Å². The summed E-state index contributed by atoms with van der Waals surface area (Å²) in [5.41, 5.74) is 2.87. The molecule has 152 valence electrons. The standard InChI is InChI=1S/C22H26N4O3/c1-29-20-9-5-3-7-18(20)24-21(27)25-13-11-17(12-14-25)23-22(28)26-15-10-16-6-2-4-8-19(16)26/h2-9,17H,10-15H2,1H3,(H,23,28)(H,24,27). The number of benzene rings is 2. The lowest BCUT2D eigenvalue weighted by Crippen LogP contribution is -2.50. The van der Waals surface area contributed by atoms with Crippen molar-refractivity contribution in [3.8, 4) is 5.75 Å². The van der Waals surface area contributed by atoms with E-state index < -0.39 is 0 Å². The van der Waals surface area contributed by atoms with Crippen LogP contribution in [0.2, 0.25) is 0 Å². The highest BCUT2D eigenvalue weighted by atomic mass is 16.5. The van der Waals surface area contributed by atoms with Crippen LogP contribution in [-0.4, -0.2) is 49.7 Å². The second-order valence-corrected chi connectivity index (χ2v) is 7.37. The Morgan fingerprint density at radius 2 is 1.69 bits per heavy atom. The first-order valence-corrected chi connectivity index (χ1v) is 10.0. The van der Waals surface area contributed by atoms with E-state index in [0.717, 1.165) is 24.9 Å². The summed E-state index contributed by atoms with van der Waals surface area (Å²) >= 11 is 0. The number of fused-ring (bicyclic) bond motifs is 1. The van der Waals surface area contributed by atoms with E-state index in [4.69, 9.17) is 4.74 Å². The minimum atomic E-state index is -0.146. The number of para-hydroxylation sites is 3. The number of carbonyl (C=O) groups is 2. The Balaban J connectivity index is 1.28. The van der Waals surface area contributed by atoms with E-state index in [1.807, 2.05) is 47.4 Å². The summed E-state index contributed by atoms with van der Waals surface area (Å²) in [6, 6.07) is 15.3. The van der Waals surface area contributed by atoms with Crippen LogP contribution >= 0.6 is 0 Å². The number of urea groups is 2. The molecule has 4 rings (SSSR count). The number of nitrogens with zero attached hydrogens (tertiary/aromatic N) is 2. The summed E-state index contributed by atoms with van der Waals surface area (Å²) in [4.78, 5) is 28.9. The molecule has 0 atom stereocenters. The van der Waals surface area contributed by atoms with Gasteiger partial charge in [-0.2, -0.15) is 0 Å². The van der Waals surface area contributed by atoms with Crippen LogP contribution in [0.15, 0.2) is 48.5 Å². The molecule has 2 N–H and O–H groups in total. The van der Waals surface area contributed by atoms with Gasteiger partial charge in [-0.1, -0.05) is 30.3 Å². The molecule has 7 nitrogen and oxygen atoms in total. The van der Waals surface area contributed by atoms with Gasteiger partial charge in [-0.25, -0.2) is 9.59 Å². The average Bonchev–Trinajstić information content (AvgIpc) is 3.19. The number of methoxy groups -OCH3 is 1. The summed E-state index contributed by atoms with van der Waals surface area (Å²) in [5, 5.41) is 6.05. The predicted octanol–water partition coefficient (Wildman–Crippen LogP) is 3.46. The largest absolute Gasteiger partial charge is 0.495 e. The fourth-order valence-electron chi connectivity index (χ4n) is 3.97. The van der Waals surface area contributed by atoms with E-state index in [9.17, 15) is 9.59 Å². The van der Waals surface area contributed by atoms with Crippen LogP contribution in [0.4, 0.5) is 21.0 Å². The van der Waals surface area contributed by atoms with Gasteiger partial charge in [0.05, 0.1) is 12.8 Å². The van der Waals surface area contributed by atoms with Gasteiger partial charge in [-0.3, -0.25) is 4.90 Å². The van der Waals surface area contributed by atoms with E-state index in [1.54, 1.807) is 12.0 Å². The molecule has 2 aromatic rings. The zero-order valence-electron chi connectivity index (χ0n) is 16.6. The zero-order valence-corrected chi connectivity index (χ0v) is 16.6. The van der Waals surface area contributed by atoms with Gasteiger partial charge in [0.25, 0.3) is 0 Å². The molecule has 2 aliphatic rings. The molecule has 0 saturated carbocycles. The first kappa shape index (κ1) is 19.1. The average molecular weight is 394 g/mol. The third-order valence-corrected chi connectivity index (χ3v) is 5.59. The van der Waals surface area contributed by atoms with Crippen molar-refractivity contribution in [1.82, 2.24) is 10.2 Å². The summed E-state index contributed by atoms with van der Waals surface area (Å²) in [7, 11) is 1.58. The Morgan fingerprint density at radius 3 is 2.48 bits per heavy atom. The van der Waals surface area contributed by atoms with Crippen LogP contribution in [-0.2, 0) is 6.42 Å². The first-order chi connectivity index (χ1) is 14.2. The molecule has 0 unspecified atom stereocenters. The Labute approximate surface area is 170 Å². The Bertz CT molecular complexity index is 893. The number of hydrogen-bond acceptors (Lipinski definition) is 3. The first-order valence-electron chi connectivity index (χ1n) is 10.0. The molecular weight excluding hydrogens is 368 g/mol. The molecular formula is C22H26N4O3. The van der Waals surface area contributed by atoms with E-state index in [0.29, 0.717) is 31.1 Å². The highest BCUT2D eigenvalue weighted by Crippen LogP contribution is 2.28. The van der Waals surface area contributed by atoms with Gasteiger partial charge in [0.2, 0.25) is 0 Å². The maximum Gasteiger partial charge on any atom is 0.322 e. The second-order valence-electron chi connectivity index (χ2n) is 7.37.